The number of rotatable bonds is 6. The van der Waals surface area contributed by atoms with E-state index in [1.165, 1.54) is 16.2 Å². The van der Waals surface area contributed by atoms with Crippen molar-refractivity contribution >= 4 is 61.3 Å². The first kappa shape index (κ1) is 35.8. The van der Waals surface area contributed by atoms with Crippen LogP contribution in [0.3, 0.4) is 0 Å². The molecule has 14 nitrogen and oxygen atoms in total. The van der Waals surface area contributed by atoms with Crippen LogP contribution < -0.4 is 20.7 Å². The Hall–Kier alpha value is -4.05. The van der Waals surface area contributed by atoms with E-state index in [2.05, 4.69) is 25.7 Å². The van der Waals surface area contributed by atoms with Gasteiger partial charge >= 0.3 is 6.09 Å². The van der Waals surface area contributed by atoms with Crippen molar-refractivity contribution in [1.29, 1.82) is 0 Å². The van der Waals surface area contributed by atoms with Gasteiger partial charge in [0.2, 0.25) is 21.8 Å². The van der Waals surface area contributed by atoms with Crippen molar-refractivity contribution < 1.29 is 37.1 Å². The summed E-state index contributed by atoms with van der Waals surface area (Å²) in [5, 5.41) is 8.05. The lowest BCUT2D eigenvalue weighted by Gasteiger charge is -2.30. The van der Waals surface area contributed by atoms with Gasteiger partial charge in [-0.05, 0) is 77.8 Å². The number of allylic oxidation sites excluding steroid dienone is 1. The quantitative estimate of drug-likeness (QED) is 0.324. The first-order chi connectivity index (χ1) is 23.6. The highest BCUT2D eigenvalue weighted by Gasteiger charge is 2.62. The second-order valence-electron chi connectivity index (χ2n) is 14.6. The monoisotopic (exact) mass is 728 g/mol. The fourth-order valence-corrected chi connectivity index (χ4v) is 8.80. The van der Waals surface area contributed by atoms with Gasteiger partial charge in [0.1, 0.15) is 23.2 Å². The molecule has 2 aromatic rings. The van der Waals surface area contributed by atoms with Crippen molar-refractivity contribution in [2.45, 2.75) is 113 Å². The third kappa shape index (κ3) is 8.12. The van der Waals surface area contributed by atoms with Crippen LogP contribution >= 0.6 is 11.3 Å². The molecule has 0 spiro atoms. The second-order valence-corrected chi connectivity index (χ2v) is 17.6. The van der Waals surface area contributed by atoms with Crippen LogP contribution in [0, 0.1) is 5.92 Å². The number of nitrogens with one attached hydrogen (secondary N) is 4. The molecule has 3 fully saturated rings. The average Bonchev–Trinajstić information content (AvgIpc) is 3.92. The standard InChI is InChI=1S/C34H44N6O8S2/c1-33(2,3)48-32(45)37-24-13-8-6-4-5-7-11-20-18-34(20,31(44)39-50(46,47)22-15-16-22)38-27(41)25-17-21(19-40(25)30(24)43)35-28(42)29-36-23-12-9-10-14-26(23)49-29/h7,9-12,14,20-22,24-25H,4-6,8,13,15-19H2,1-3H3,(H,35,42)(H,37,45)(H,38,41)(H,39,44)/t20-,21-,24+,25+,34-/m1/s1. The Labute approximate surface area is 295 Å². The summed E-state index contributed by atoms with van der Waals surface area (Å²) in [6.07, 6.45) is 7.27. The number of carbonyl (C=O) groups excluding carboxylic acids is 5. The van der Waals surface area contributed by atoms with Crippen molar-refractivity contribution in [2.24, 2.45) is 5.92 Å². The van der Waals surface area contributed by atoms with Gasteiger partial charge in [0.15, 0.2) is 5.01 Å². The maximum absolute atomic E-state index is 14.3. The van der Waals surface area contributed by atoms with Gasteiger partial charge in [-0.1, -0.05) is 37.1 Å². The molecule has 0 bridgehead atoms. The Morgan fingerprint density at radius 1 is 1.06 bits per heavy atom. The number of para-hydroxylation sites is 1. The fraction of sp³-hybridized carbons (Fsp3) is 0.588. The molecular formula is C34H44N6O8S2. The minimum atomic E-state index is -3.89. The number of thiazole rings is 1. The predicted molar refractivity (Wildman–Crippen MR) is 185 cm³/mol. The highest BCUT2D eigenvalue weighted by Crippen LogP contribution is 2.46. The molecule has 2 aliphatic carbocycles. The Balaban J connectivity index is 1.27. The molecule has 2 saturated carbocycles. The van der Waals surface area contributed by atoms with Gasteiger partial charge in [-0.2, -0.15) is 0 Å². The molecular weight excluding hydrogens is 685 g/mol. The number of nitrogens with zero attached hydrogens (tertiary/aromatic N) is 2. The van der Waals surface area contributed by atoms with Crippen molar-refractivity contribution in [3.8, 4) is 0 Å². The zero-order valence-corrected chi connectivity index (χ0v) is 30.0. The molecule has 5 amide bonds. The van der Waals surface area contributed by atoms with Gasteiger partial charge in [0.05, 0.1) is 15.5 Å². The van der Waals surface area contributed by atoms with Gasteiger partial charge in [-0.3, -0.25) is 23.9 Å². The predicted octanol–water partition coefficient (Wildman–Crippen LogP) is 2.89. The number of ether oxygens (including phenoxy) is 1. The molecule has 6 rings (SSSR count). The van der Waals surface area contributed by atoms with Crippen LogP contribution in [-0.4, -0.2) is 89.1 Å². The molecule has 16 heteroatoms. The largest absolute Gasteiger partial charge is 0.444 e. The number of benzene rings is 1. The maximum Gasteiger partial charge on any atom is 0.408 e. The van der Waals surface area contributed by atoms with Crippen LogP contribution in [0.1, 0.15) is 88.4 Å². The van der Waals surface area contributed by atoms with Gasteiger partial charge in [0.25, 0.3) is 11.8 Å². The Morgan fingerprint density at radius 3 is 2.54 bits per heavy atom. The number of alkyl carbamates (subject to hydrolysis) is 1. The molecule has 0 radical (unpaired) electrons. The van der Waals surface area contributed by atoms with E-state index in [9.17, 15) is 32.4 Å². The number of fused-ring (bicyclic) bond motifs is 3. The van der Waals surface area contributed by atoms with Gasteiger partial charge in [-0.25, -0.2) is 18.2 Å². The zero-order valence-electron chi connectivity index (χ0n) is 28.4. The minimum absolute atomic E-state index is 0.0198. The summed E-state index contributed by atoms with van der Waals surface area (Å²) in [5.41, 5.74) is -1.65. The molecule has 1 aromatic heterocycles. The number of hydrogen-bond acceptors (Lipinski definition) is 10. The van der Waals surface area contributed by atoms with Crippen molar-refractivity contribution in [3.05, 3.63) is 41.4 Å². The van der Waals surface area contributed by atoms with E-state index in [4.69, 9.17) is 4.74 Å². The Morgan fingerprint density at radius 2 is 1.82 bits per heavy atom. The molecule has 270 valence electrons. The number of hydrogen-bond donors (Lipinski definition) is 4. The Bertz CT molecular complexity index is 1780. The lowest BCUT2D eigenvalue weighted by molar-refractivity contribution is -0.141. The van der Waals surface area contributed by atoms with E-state index in [1.807, 2.05) is 30.4 Å². The van der Waals surface area contributed by atoms with Crippen LogP contribution in [-0.2, 0) is 29.1 Å². The molecule has 4 aliphatic rings. The molecule has 2 aliphatic heterocycles. The van der Waals surface area contributed by atoms with Crippen LogP contribution in [0.4, 0.5) is 4.79 Å². The van der Waals surface area contributed by atoms with E-state index in [-0.39, 0.29) is 24.4 Å². The average molecular weight is 729 g/mol. The van der Waals surface area contributed by atoms with E-state index < -0.39 is 80.2 Å². The van der Waals surface area contributed by atoms with Crippen LogP contribution in [0.5, 0.6) is 0 Å². The second kappa shape index (κ2) is 13.9. The molecule has 50 heavy (non-hydrogen) atoms. The third-order valence-corrected chi connectivity index (χ3v) is 12.2. The van der Waals surface area contributed by atoms with Gasteiger partial charge < -0.3 is 25.6 Å². The summed E-state index contributed by atoms with van der Waals surface area (Å²) >= 11 is 1.22. The van der Waals surface area contributed by atoms with Crippen LogP contribution in [0.25, 0.3) is 10.2 Å². The van der Waals surface area contributed by atoms with Crippen LogP contribution in [0.15, 0.2) is 36.4 Å². The molecule has 1 saturated heterocycles. The molecule has 0 unspecified atom stereocenters. The third-order valence-electron chi connectivity index (χ3n) is 9.40. The summed E-state index contributed by atoms with van der Waals surface area (Å²) in [6, 6.07) is 4.53. The molecule has 3 heterocycles. The molecule has 1 aromatic carbocycles. The van der Waals surface area contributed by atoms with E-state index >= 15 is 0 Å². The van der Waals surface area contributed by atoms with Crippen molar-refractivity contribution in [3.63, 3.8) is 0 Å². The maximum atomic E-state index is 14.3. The summed E-state index contributed by atoms with van der Waals surface area (Å²) in [6.45, 7) is 5.10. The summed E-state index contributed by atoms with van der Waals surface area (Å²) in [4.78, 5) is 74.1. The highest BCUT2D eigenvalue weighted by molar-refractivity contribution is 7.91. The highest BCUT2D eigenvalue weighted by atomic mass is 32.2. The van der Waals surface area contributed by atoms with E-state index in [0.717, 1.165) is 17.5 Å². The van der Waals surface area contributed by atoms with Crippen molar-refractivity contribution in [1.82, 2.24) is 30.6 Å². The van der Waals surface area contributed by atoms with Crippen LogP contribution in [0.2, 0.25) is 0 Å². The van der Waals surface area contributed by atoms with Gasteiger partial charge in [0, 0.05) is 18.5 Å². The van der Waals surface area contributed by atoms with Gasteiger partial charge in [-0.15, -0.1) is 11.3 Å². The molecule has 5 atom stereocenters. The zero-order chi connectivity index (χ0) is 35.8. The number of amides is 5. The number of sulfonamides is 1. The lowest BCUT2D eigenvalue weighted by Crippen LogP contribution is -2.58. The smallest absolute Gasteiger partial charge is 0.408 e. The fourth-order valence-electron chi connectivity index (χ4n) is 6.57. The normalized spacial score (nSPS) is 27.6. The number of carbonyl (C=O) groups is 5. The van der Waals surface area contributed by atoms with E-state index in [1.54, 1.807) is 26.8 Å². The van der Waals surface area contributed by atoms with E-state index in [0.29, 0.717) is 37.6 Å². The first-order valence-corrected chi connectivity index (χ1v) is 19.5. The first-order valence-electron chi connectivity index (χ1n) is 17.2. The topological polar surface area (TPSA) is 193 Å². The lowest BCUT2D eigenvalue weighted by atomic mass is 10.0. The SMILES string of the molecule is CC(C)(C)OC(=O)N[C@H]1CCCCCC=C[C@@H]2C[C@@]2(C(=O)NS(=O)(=O)C2CC2)NC(=O)[C@@H]2C[C@@H](NC(=O)c3nc4ccccc4s3)CN2C1=O. The molecule has 4 N–H and O–H groups in total. The summed E-state index contributed by atoms with van der Waals surface area (Å²) in [7, 11) is -3.89. The Kier molecular flexibility index (Phi) is 9.96. The number of aromatic nitrogens is 1. The summed E-state index contributed by atoms with van der Waals surface area (Å²) in [5.74, 6) is -2.88. The minimum Gasteiger partial charge on any atom is -0.444 e. The van der Waals surface area contributed by atoms with Crippen molar-refractivity contribution in [2.75, 3.05) is 6.54 Å². The summed E-state index contributed by atoms with van der Waals surface area (Å²) < 4.78 is 34.0.